The number of aromatic nitrogens is 1. The summed E-state index contributed by atoms with van der Waals surface area (Å²) in [5.41, 5.74) is 5.90. The fraction of sp³-hybridized carbons (Fsp3) is 0.261. The minimum Gasteiger partial charge on any atom is -0.457 e. The molecule has 4 nitrogen and oxygen atoms in total. The number of likely N-dealkylation sites (N-methyl/N-ethyl adjacent to an activating group) is 1. The van der Waals surface area contributed by atoms with Gasteiger partial charge in [-0.05, 0) is 42.8 Å². The van der Waals surface area contributed by atoms with Crippen molar-refractivity contribution in [2.24, 2.45) is 0 Å². The molecule has 0 atom stereocenters. The number of nitrogens with zero attached hydrogens (tertiary/aromatic N) is 1. The van der Waals surface area contributed by atoms with Gasteiger partial charge in [0, 0.05) is 46.2 Å². The zero-order valence-electron chi connectivity index (χ0n) is 16.0. The Morgan fingerprint density at radius 1 is 1.18 bits per heavy atom. The average molecular weight is 391 g/mol. The molecule has 3 heterocycles. The van der Waals surface area contributed by atoms with Crippen molar-refractivity contribution in [3.8, 4) is 0 Å². The minimum absolute atomic E-state index is 0.239. The molecule has 28 heavy (non-hydrogen) atoms. The van der Waals surface area contributed by atoms with Crippen LogP contribution in [0.4, 0.5) is 0 Å². The highest BCUT2D eigenvalue weighted by Crippen LogP contribution is 2.40. The molecule has 0 saturated heterocycles. The molecule has 0 saturated carbocycles. The maximum absolute atomic E-state index is 12.8. The topological polar surface area (TPSA) is 45.3 Å². The van der Waals surface area contributed by atoms with E-state index in [1.165, 1.54) is 33.4 Å². The number of esters is 1. The number of ether oxygens (including phenoxy) is 1. The molecule has 142 valence electrons. The lowest BCUT2D eigenvalue weighted by Crippen LogP contribution is -2.26. The monoisotopic (exact) mass is 390 g/mol. The average Bonchev–Trinajstić information content (AvgIpc) is 3.24. The van der Waals surface area contributed by atoms with Crippen molar-refractivity contribution in [1.29, 1.82) is 0 Å². The summed E-state index contributed by atoms with van der Waals surface area (Å²) < 4.78 is 6.75. The molecular weight excluding hydrogens is 368 g/mol. The van der Waals surface area contributed by atoms with Crippen LogP contribution in [0.2, 0.25) is 0 Å². The van der Waals surface area contributed by atoms with Gasteiger partial charge in [-0.15, -0.1) is 11.3 Å². The molecular formula is C23H22N2O2S. The van der Waals surface area contributed by atoms with Gasteiger partial charge < -0.3 is 14.6 Å². The molecule has 2 aromatic heterocycles. The van der Waals surface area contributed by atoms with E-state index >= 15 is 0 Å². The number of fused-ring (bicyclic) bond motifs is 5. The summed E-state index contributed by atoms with van der Waals surface area (Å²) in [5.74, 6) is -0.239. The molecule has 0 amide bonds. The molecule has 0 radical (unpaired) electrons. The second-order valence-corrected chi connectivity index (χ2v) is 8.60. The number of benzene rings is 2. The van der Waals surface area contributed by atoms with Crippen LogP contribution in [0.25, 0.3) is 21.0 Å². The molecule has 5 heteroatoms. The van der Waals surface area contributed by atoms with Crippen LogP contribution in [-0.4, -0.2) is 29.4 Å². The van der Waals surface area contributed by atoms with Gasteiger partial charge in [0.1, 0.15) is 11.5 Å². The Morgan fingerprint density at radius 3 is 2.82 bits per heavy atom. The number of aromatic amines is 1. The largest absolute Gasteiger partial charge is 0.457 e. The summed E-state index contributed by atoms with van der Waals surface area (Å²) in [6, 6.07) is 14.1. The summed E-state index contributed by atoms with van der Waals surface area (Å²) in [4.78, 5) is 19.5. The molecule has 0 bridgehead atoms. The van der Waals surface area contributed by atoms with Crippen molar-refractivity contribution in [1.82, 2.24) is 9.88 Å². The van der Waals surface area contributed by atoms with Crippen LogP contribution in [0.1, 0.15) is 32.1 Å². The van der Waals surface area contributed by atoms with E-state index in [2.05, 4.69) is 29.1 Å². The number of nitrogens with one attached hydrogen (secondary N) is 1. The van der Waals surface area contributed by atoms with E-state index in [4.69, 9.17) is 4.74 Å². The van der Waals surface area contributed by atoms with Crippen LogP contribution < -0.4 is 0 Å². The fourth-order valence-electron chi connectivity index (χ4n) is 4.17. The standard InChI is InChI=1S/C23H22N2O2S/c1-14-20-19(28-22(14)23(26)27-13-15-6-4-3-5-7-15)9-8-18-21(20)16-12-25(2)11-10-17(16)24-18/h3-9,24H,10-13H2,1-2H3. The molecule has 0 aliphatic carbocycles. The van der Waals surface area contributed by atoms with Gasteiger partial charge in [-0.25, -0.2) is 4.79 Å². The molecule has 2 aromatic carbocycles. The molecule has 1 N–H and O–H groups in total. The first kappa shape index (κ1) is 17.5. The van der Waals surface area contributed by atoms with E-state index < -0.39 is 0 Å². The summed E-state index contributed by atoms with van der Waals surface area (Å²) >= 11 is 1.53. The van der Waals surface area contributed by atoms with Gasteiger partial charge in [-0.3, -0.25) is 0 Å². The highest BCUT2D eigenvalue weighted by Gasteiger charge is 2.24. The Labute approximate surface area is 167 Å². The van der Waals surface area contributed by atoms with Crippen LogP contribution >= 0.6 is 11.3 Å². The summed E-state index contributed by atoms with van der Waals surface area (Å²) in [5, 5.41) is 2.47. The zero-order chi connectivity index (χ0) is 19.3. The number of hydrogen-bond donors (Lipinski definition) is 1. The van der Waals surface area contributed by atoms with Crippen molar-refractivity contribution >= 4 is 38.3 Å². The lowest BCUT2D eigenvalue weighted by atomic mass is 10.0. The van der Waals surface area contributed by atoms with E-state index in [0.29, 0.717) is 11.5 Å². The van der Waals surface area contributed by atoms with Gasteiger partial charge in [0.15, 0.2) is 0 Å². The molecule has 1 aliphatic heterocycles. The Kier molecular flexibility index (Phi) is 4.22. The van der Waals surface area contributed by atoms with Crippen LogP contribution in [-0.2, 0) is 24.3 Å². The predicted molar refractivity (Wildman–Crippen MR) is 114 cm³/mol. The van der Waals surface area contributed by atoms with E-state index in [9.17, 15) is 4.79 Å². The molecule has 0 unspecified atom stereocenters. The third kappa shape index (κ3) is 2.82. The van der Waals surface area contributed by atoms with Crippen LogP contribution in [0.15, 0.2) is 42.5 Å². The molecule has 1 aliphatic rings. The highest BCUT2D eigenvalue weighted by molar-refractivity contribution is 7.21. The summed E-state index contributed by atoms with van der Waals surface area (Å²) in [7, 11) is 2.16. The SMILES string of the molecule is Cc1c(C(=O)OCc2ccccc2)sc2ccc3[nH]c4c(c3c12)CN(C)CC4. The van der Waals surface area contributed by atoms with Crippen molar-refractivity contribution in [2.45, 2.75) is 26.5 Å². The Bertz CT molecular complexity index is 1190. The van der Waals surface area contributed by atoms with Gasteiger partial charge in [0.2, 0.25) is 0 Å². The Hall–Kier alpha value is -2.63. The zero-order valence-corrected chi connectivity index (χ0v) is 16.9. The third-order valence-corrected chi connectivity index (χ3v) is 6.85. The fourth-order valence-corrected chi connectivity index (χ4v) is 5.28. The molecule has 0 fully saturated rings. The second kappa shape index (κ2) is 6.76. The van der Waals surface area contributed by atoms with E-state index in [1.807, 2.05) is 37.3 Å². The molecule has 0 spiro atoms. The van der Waals surface area contributed by atoms with Crippen LogP contribution in [0.5, 0.6) is 0 Å². The smallest absolute Gasteiger partial charge is 0.348 e. The number of hydrogen-bond acceptors (Lipinski definition) is 4. The first-order chi connectivity index (χ1) is 13.6. The molecule has 4 aromatic rings. The number of thiophene rings is 1. The molecule has 5 rings (SSSR count). The quantitative estimate of drug-likeness (QED) is 0.499. The first-order valence-corrected chi connectivity index (χ1v) is 10.4. The summed E-state index contributed by atoms with van der Waals surface area (Å²) in [6.07, 6.45) is 1.04. The predicted octanol–water partition coefficient (Wildman–Crippen LogP) is 5.04. The van der Waals surface area contributed by atoms with Gasteiger partial charge >= 0.3 is 5.97 Å². The lowest BCUT2D eigenvalue weighted by molar-refractivity contribution is 0.0478. The van der Waals surface area contributed by atoms with E-state index in [1.54, 1.807) is 0 Å². The number of rotatable bonds is 3. The maximum Gasteiger partial charge on any atom is 0.348 e. The number of aryl methyl sites for hydroxylation is 1. The van der Waals surface area contributed by atoms with Crippen LogP contribution in [0, 0.1) is 6.92 Å². The van der Waals surface area contributed by atoms with Crippen molar-refractivity contribution in [3.63, 3.8) is 0 Å². The van der Waals surface area contributed by atoms with Gasteiger partial charge in [-0.1, -0.05) is 30.3 Å². The van der Waals surface area contributed by atoms with E-state index in [-0.39, 0.29) is 5.97 Å². The summed E-state index contributed by atoms with van der Waals surface area (Å²) in [6.45, 7) is 4.36. The lowest BCUT2D eigenvalue weighted by Gasteiger charge is -2.22. The maximum atomic E-state index is 12.8. The Balaban J connectivity index is 1.56. The Morgan fingerprint density at radius 2 is 2.00 bits per heavy atom. The van der Waals surface area contributed by atoms with Crippen molar-refractivity contribution in [3.05, 3.63) is 69.7 Å². The minimum atomic E-state index is -0.239. The van der Waals surface area contributed by atoms with Gasteiger partial charge in [0.25, 0.3) is 0 Å². The second-order valence-electron chi connectivity index (χ2n) is 7.55. The van der Waals surface area contributed by atoms with Gasteiger partial charge in [0.05, 0.1) is 0 Å². The highest BCUT2D eigenvalue weighted by atomic mass is 32.1. The number of carbonyl (C=O) groups is 1. The van der Waals surface area contributed by atoms with E-state index in [0.717, 1.165) is 40.9 Å². The van der Waals surface area contributed by atoms with Crippen LogP contribution in [0.3, 0.4) is 0 Å². The first-order valence-electron chi connectivity index (χ1n) is 9.57. The normalized spacial score (nSPS) is 14.5. The number of H-pyrrole nitrogens is 1. The van der Waals surface area contributed by atoms with Crippen molar-refractivity contribution in [2.75, 3.05) is 13.6 Å². The van der Waals surface area contributed by atoms with Crippen molar-refractivity contribution < 1.29 is 9.53 Å². The third-order valence-electron chi connectivity index (χ3n) is 5.62. The number of carbonyl (C=O) groups excluding carboxylic acids is 1. The van der Waals surface area contributed by atoms with Gasteiger partial charge in [-0.2, -0.15) is 0 Å².